The van der Waals surface area contributed by atoms with Crippen LogP contribution in [-0.4, -0.2) is 22.7 Å². The number of carbonyl (C=O) groups excluding carboxylic acids is 1. The normalized spacial score (nSPS) is 42.2. The molecule has 0 aromatic carbocycles. The minimum Gasteiger partial charge on any atom is -0.390 e. The van der Waals surface area contributed by atoms with Crippen molar-refractivity contribution in [1.29, 1.82) is 0 Å². The molecule has 0 aliphatic heterocycles. The predicted molar refractivity (Wildman–Crippen MR) is 120 cm³/mol. The van der Waals surface area contributed by atoms with Crippen LogP contribution in [0.15, 0.2) is 36.0 Å². The summed E-state index contributed by atoms with van der Waals surface area (Å²) in [6, 6.07) is 0. The lowest BCUT2D eigenvalue weighted by atomic mass is 9.49. The molecule has 30 heavy (non-hydrogen) atoms. The molecular formula is C27H39FO2. The molecule has 0 saturated heterocycles. The molecule has 0 amide bonds. The van der Waals surface area contributed by atoms with Gasteiger partial charge in [-0.25, -0.2) is 4.39 Å². The zero-order valence-corrected chi connectivity index (χ0v) is 19.3. The molecule has 4 aliphatic carbocycles. The summed E-state index contributed by atoms with van der Waals surface area (Å²) in [6.07, 6.45) is 15.9. The SMILES string of the molecule is C[C@H](CCC(O)C(C)(C)F)[C@H]1CC[C@H]2[C@@H]3C=CC4=CC(=O)C=C[C@]4(C)[C@H]3CC[C@]12C. The molecule has 0 radical (unpaired) electrons. The van der Waals surface area contributed by atoms with E-state index in [-0.39, 0.29) is 11.2 Å². The number of hydrogen-bond acceptors (Lipinski definition) is 2. The van der Waals surface area contributed by atoms with E-state index in [9.17, 15) is 14.3 Å². The second kappa shape index (κ2) is 7.43. The first-order valence-electron chi connectivity index (χ1n) is 12.0. The second-order valence-corrected chi connectivity index (χ2v) is 11.6. The third kappa shape index (κ3) is 3.45. The topological polar surface area (TPSA) is 37.3 Å². The lowest BCUT2D eigenvalue weighted by molar-refractivity contribution is -0.110. The van der Waals surface area contributed by atoms with Gasteiger partial charge in [-0.2, -0.15) is 0 Å². The van der Waals surface area contributed by atoms with Crippen LogP contribution in [0.2, 0.25) is 0 Å². The first-order valence-corrected chi connectivity index (χ1v) is 12.0. The zero-order chi connectivity index (χ0) is 21.9. The van der Waals surface area contributed by atoms with Crippen LogP contribution >= 0.6 is 0 Å². The molecule has 0 heterocycles. The van der Waals surface area contributed by atoms with Crippen LogP contribution in [0.5, 0.6) is 0 Å². The average molecular weight is 415 g/mol. The van der Waals surface area contributed by atoms with Crippen molar-refractivity contribution in [2.24, 2.45) is 40.4 Å². The summed E-state index contributed by atoms with van der Waals surface area (Å²) in [5.41, 5.74) is -0.0460. The van der Waals surface area contributed by atoms with E-state index in [1.54, 1.807) is 6.08 Å². The lowest BCUT2D eigenvalue weighted by Crippen LogP contribution is -2.48. The Morgan fingerprint density at radius 1 is 1.17 bits per heavy atom. The van der Waals surface area contributed by atoms with Crippen molar-refractivity contribution in [2.45, 2.75) is 84.9 Å². The van der Waals surface area contributed by atoms with E-state index in [0.29, 0.717) is 41.4 Å². The number of carbonyl (C=O) groups is 1. The standard InChI is InChI=1S/C27H39FO2/c1-17(6-11-24(30)25(2,3)28)21-9-10-22-20-8-7-18-16-19(29)12-14-26(18,4)23(20)13-15-27(21,22)5/h7-8,12,14,16-17,20-24,30H,6,9-11,13,15H2,1-5H3/t17-,20+,21-,22+,23+,24?,26+,27-/m1/s1. The van der Waals surface area contributed by atoms with Crippen LogP contribution in [0.4, 0.5) is 4.39 Å². The van der Waals surface area contributed by atoms with Crippen LogP contribution in [0.1, 0.15) is 73.1 Å². The first kappa shape index (κ1) is 22.0. The molecule has 0 aromatic heterocycles. The Bertz CT molecular complexity index is 787. The maximum Gasteiger partial charge on any atom is 0.178 e. The Morgan fingerprint density at radius 3 is 2.60 bits per heavy atom. The van der Waals surface area contributed by atoms with Gasteiger partial charge in [0, 0.05) is 5.41 Å². The van der Waals surface area contributed by atoms with Gasteiger partial charge in [-0.1, -0.05) is 39.0 Å². The number of fused-ring (bicyclic) bond motifs is 5. The fourth-order valence-corrected chi connectivity index (χ4v) is 7.59. The Morgan fingerprint density at radius 2 is 1.90 bits per heavy atom. The Hall–Kier alpha value is -1.22. The van der Waals surface area contributed by atoms with Gasteiger partial charge >= 0.3 is 0 Å². The van der Waals surface area contributed by atoms with Crippen molar-refractivity contribution in [1.82, 2.24) is 0 Å². The Labute approximate surface area is 181 Å². The first-order chi connectivity index (χ1) is 14.0. The molecule has 0 spiro atoms. The van der Waals surface area contributed by atoms with E-state index in [4.69, 9.17) is 0 Å². The van der Waals surface area contributed by atoms with E-state index in [2.05, 4.69) is 39.0 Å². The van der Waals surface area contributed by atoms with Crippen molar-refractivity contribution in [3.8, 4) is 0 Å². The van der Waals surface area contributed by atoms with Gasteiger partial charge in [-0.15, -0.1) is 0 Å². The van der Waals surface area contributed by atoms with E-state index in [1.165, 1.54) is 45.1 Å². The molecule has 4 aliphatic rings. The molecule has 1 unspecified atom stereocenters. The monoisotopic (exact) mass is 414 g/mol. The fraction of sp³-hybridized carbons (Fsp3) is 0.741. The quantitative estimate of drug-likeness (QED) is 0.580. The van der Waals surface area contributed by atoms with Gasteiger partial charge in [0.05, 0.1) is 6.10 Å². The van der Waals surface area contributed by atoms with Crippen LogP contribution in [0.25, 0.3) is 0 Å². The van der Waals surface area contributed by atoms with Crippen LogP contribution < -0.4 is 0 Å². The smallest absolute Gasteiger partial charge is 0.178 e. The summed E-state index contributed by atoms with van der Waals surface area (Å²) in [5.74, 6) is 3.06. The number of rotatable bonds is 5. The molecule has 4 rings (SSSR count). The summed E-state index contributed by atoms with van der Waals surface area (Å²) in [6.45, 7) is 10.1. The number of aliphatic hydroxyl groups is 1. The van der Waals surface area contributed by atoms with E-state index in [1.807, 2.05) is 6.08 Å². The lowest BCUT2D eigenvalue weighted by Gasteiger charge is -2.55. The van der Waals surface area contributed by atoms with E-state index < -0.39 is 11.8 Å². The molecule has 2 nitrogen and oxygen atoms in total. The third-order valence-corrected chi connectivity index (χ3v) is 9.56. The van der Waals surface area contributed by atoms with Crippen molar-refractivity contribution in [2.75, 3.05) is 0 Å². The Kier molecular flexibility index (Phi) is 5.45. The number of allylic oxidation sites excluding steroid dienone is 6. The van der Waals surface area contributed by atoms with Crippen LogP contribution in [-0.2, 0) is 4.79 Å². The molecule has 8 atom stereocenters. The number of halogens is 1. The molecular weight excluding hydrogens is 375 g/mol. The summed E-state index contributed by atoms with van der Waals surface area (Å²) >= 11 is 0. The minimum absolute atomic E-state index is 0.0187. The zero-order valence-electron chi connectivity index (χ0n) is 19.3. The van der Waals surface area contributed by atoms with Crippen LogP contribution in [0.3, 0.4) is 0 Å². The molecule has 0 aromatic rings. The number of aliphatic hydroxyl groups excluding tert-OH is 1. The predicted octanol–water partition coefficient (Wildman–Crippen LogP) is 6.21. The second-order valence-electron chi connectivity index (χ2n) is 11.6. The minimum atomic E-state index is -1.53. The van der Waals surface area contributed by atoms with Gasteiger partial charge in [-0.3, -0.25) is 4.79 Å². The highest BCUT2D eigenvalue weighted by molar-refractivity contribution is 6.01. The summed E-state index contributed by atoms with van der Waals surface area (Å²) in [5, 5.41) is 10.2. The molecule has 2 fully saturated rings. The van der Waals surface area contributed by atoms with Crippen LogP contribution in [0, 0.1) is 40.4 Å². The van der Waals surface area contributed by atoms with Gasteiger partial charge in [-0.05, 0) is 105 Å². The number of hydrogen-bond donors (Lipinski definition) is 1. The number of alkyl halides is 1. The van der Waals surface area contributed by atoms with Gasteiger partial charge < -0.3 is 5.11 Å². The third-order valence-electron chi connectivity index (χ3n) is 9.56. The summed E-state index contributed by atoms with van der Waals surface area (Å²) < 4.78 is 14.0. The van der Waals surface area contributed by atoms with Crippen molar-refractivity contribution in [3.05, 3.63) is 36.0 Å². The van der Waals surface area contributed by atoms with Gasteiger partial charge in [0.15, 0.2) is 5.78 Å². The molecule has 3 heteroatoms. The summed E-state index contributed by atoms with van der Waals surface area (Å²) in [7, 11) is 0. The number of ketones is 1. The highest BCUT2D eigenvalue weighted by Gasteiger charge is 2.58. The summed E-state index contributed by atoms with van der Waals surface area (Å²) in [4.78, 5) is 11.9. The highest BCUT2D eigenvalue weighted by Crippen LogP contribution is 2.65. The Balaban J connectivity index is 1.51. The molecule has 0 bridgehead atoms. The van der Waals surface area contributed by atoms with Crippen molar-refractivity contribution < 1.29 is 14.3 Å². The average Bonchev–Trinajstić information content (AvgIpc) is 3.03. The van der Waals surface area contributed by atoms with Crippen molar-refractivity contribution >= 4 is 5.78 Å². The maximum atomic E-state index is 14.0. The van der Waals surface area contributed by atoms with E-state index >= 15 is 0 Å². The fourth-order valence-electron chi connectivity index (χ4n) is 7.59. The van der Waals surface area contributed by atoms with Gasteiger partial charge in [0.25, 0.3) is 0 Å². The maximum absolute atomic E-state index is 14.0. The van der Waals surface area contributed by atoms with E-state index in [0.717, 1.165) is 6.42 Å². The van der Waals surface area contributed by atoms with Gasteiger partial charge in [0.1, 0.15) is 5.67 Å². The highest BCUT2D eigenvalue weighted by atomic mass is 19.1. The molecule has 2 saturated carbocycles. The molecule has 1 N–H and O–H groups in total. The van der Waals surface area contributed by atoms with Crippen molar-refractivity contribution in [3.63, 3.8) is 0 Å². The van der Waals surface area contributed by atoms with Gasteiger partial charge in [0.2, 0.25) is 0 Å². The largest absolute Gasteiger partial charge is 0.390 e. The molecule has 166 valence electrons.